The fraction of sp³-hybridized carbons (Fsp3) is 0.588. The van der Waals surface area contributed by atoms with E-state index in [0.29, 0.717) is 6.54 Å². The van der Waals surface area contributed by atoms with E-state index >= 15 is 0 Å². The summed E-state index contributed by atoms with van der Waals surface area (Å²) < 4.78 is 5.15. The fourth-order valence-electron chi connectivity index (χ4n) is 2.88. The van der Waals surface area contributed by atoms with Crippen LogP contribution in [0, 0.1) is 13.8 Å². The minimum absolute atomic E-state index is 0. The number of aliphatic imine (C=N–C) groups is 1. The van der Waals surface area contributed by atoms with Crippen LogP contribution in [0.15, 0.2) is 21.8 Å². The van der Waals surface area contributed by atoms with Crippen molar-refractivity contribution in [1.29, 1.82) is 0 Å². The molecule has 3 rings (SSSR count). The third-order valence-corrected chi connectivity index (χ3v) is 5.00. The van der Waals surface area contributed by atoms with Crippen molar-refractivity contribution in [3.05, 3.63) is 33.6 Å². The van der Waals surface area contributed by atoms with Crippen LogP contribution in [0.2, 0.25) is 0 Å². The highest BCUT2D eigenvalue weighted by molar-refractivity contribution is 14.0. The second kappa shape index (κ2) is 10.2. The lowest BCUT2D eigenvalue weighted by molar-refractivity contribution is 0.169. The van der Waals surface area contributed by atoms with Crippen molar-refractivity contribution in [3.63, 3.8) is 0 Å². The van der Waals surface area contributed by atoms with Gasteiger partial charge >= 0.3 is 0 Å². The first-order valence-corrected chi connectivity index (χ1v) is 9.55. The third-order valence-electron chi connectivity index (χ3n) is 4.10. The molecule has 1 aliphatic heterocycles. The highest BCUT2D eigenvalue weighted by Gasteiger charge is 2.20. The van der Waals surface area contributed by atoms with E-state index in [2.05, 4.69) is 39.1 Å². The topological polar surface area (TPSA) is 69.8 Å². The quantitative estimate of drug-likeness (QED) is 0.395. The molecule has 1 saturated heterocycles. The molecule has 0 amide bonds. The Hall–Kier alpha value is -1.20. The summed E-state index contributed by atoms with van der Waals surface area (Å²) in [6, 6.07) is 2.01. The standard InChI is InChI=1S/C17H26N6OS.HI/c1-4-18-17(20-11-16-19-10-14(3)25-16)23-7-5-22(6-8-23)12-15-9-13(2)24-21-15;/h9-10H,4-8,11-12H2,1-3H3,(H,18,20);1H. The van der Waals surface area contributed by atoms with Crippen LogP contribution < -0.4 is 5.32 Å². The molecule has 0 atom stereocenters. The summed E-state index contributed by atoms with van der Waals surface area (Å²) in [6.45, 7) is 12.4. The lowest BCUT2D eigenvalue weighted by atomic mass is 10.3. The molecule has 2 aromatic heterocycles. The molecule has 3 heterocycles. The third kappa shape index (κ3) is 5.92. The van der Waals surface area contributed by atoms with Crippen LogP contribution in [0.3, 0.4) is 0 Å². The second-order valence-electron chi connectivity index (χ2n) is 6.23. The maximum atomic E-state index is 5.15. The zero-order valence-corrected chi connectivity index (χ0v) is 18.7. The molecule has 7 nitrogen and oxygen atoms in total. The number of piperazine rings is 1. The van der Waals surface area contributed by atoms with Crippen molar-refractivity contribution >= 4 is 41.3 Å². The lowest BCUT2D eigenvalue weighted by Gasteiger charge is -2.36. The maximum Gasteiger partial charge on any atom is 0.194 e. The highest BCUT2D eigenvalue weighted by Crippen LogP contribution is 2.13. The Labute approximate surface area is 175 Å². The molecule has 1 N–H and O–H groups in total. The first-order valence-electron chi connectivity index (χ1n) is 8.73. The molecule has 0 spiro atoms. The second-order valence-corrected chi connectivity index (χ2v) is 7.55. The monoisotopic (exact) mass is 490 g/mol. The van der Waals surface area contributed by atoms with E-state index in [0.717, 1.165) is 61.7 Å². The first kappa shape index (κ1) is 21.1. The van der Waals surface area contributed by atoms with Crippen LogP contribution in [0.25, 0.3) is 0 Å². The Morgan fingerprint density at radius 3 is 2.65 bits per heavy atom. The van der Waals surface area contributed by atoms with Crippen molar-refractivity contribution in [2.24, 2.45) is 4.99 Å². The SMILES string of the molecule is CCNC(=NCc1ncc(C)s1)N1CCN(Cc2cc(C)on2)CC1.I. The largest absolute Gasteiger partial charge is 0.361 e. The zero-order chi connectivity index (χ0) is 17.6. The number of rotatable bonds is 5. The number of nitrogens with zero attached hydrogens (tertiary/aromatic N) is 5. The van der Waals surface area contributed by atoms with Gasteiger partial charge in [-0.05, 0) is 20.8 Å². The predicted molar refractivity (Wildman–Crippen MR) is 115 cm³/mol. The smallest absolute Gasteiger partial charge is 0.194 e. The van der Waals surface area contributed by atoms with E-state index in [1.54, 1.807) is 11.3 Å². The van der Waals surface area contributed by atoms with Crippen molar-refractivity contribution in [1.82, 2.24) is 25.3 Å². The Bertz CT molecular complexity index is 708. The summed E-state index contributed by atoms with van der Waals surface area (Å²) in [5.74, 6) is 1.85. The van der Waals surface area contributed by atoms with Gasteiger partial charge in [0.2, 0.25) is 0 Å². The van der Waals surface area contributed by atoms with Gasteiger partial charge in [-0.3, -0.25) is 4.90 Å². The molecule has 2 aromatic rings. The number of aryl methyl sites for hydroxylation is 2. The van der Waals surface area contributed by atoms with E-state index in [1.807, 2.05) is 19.2 Å². The van der Waals surface area contributed by atoms with Gasteiger partial charge in [0.25, 0.3) is 0 Å². The minimum atomic E-state index is 0. The van der Waals surface area contributed by atoms with Gasteiger partial charge in [0, 0.05) is 56.4 Å². The Morgan fingerprint density at radius 2 is 2.08 bits per heavy atom. The maximum absolute atomic E-state index is 5.15. The summed E-state index contributed by atoms with van der Waals surface area (Å²) in [5.41, 5.74) is 1.01. The van der Waals surface area contributed by atoms with E-state index in [9.17, 15) is 0 Å². The highest BCUT2D eigenvalue weighted by atomic mass is 127. The van der Waals surface area contributed by atoms with Crippen molar-refractivity contribution < 1.29 is 4.52 Å². The average Bonchev–Trinajstić information content (AvgIpc) is 3.20. The molecule has 0 radical (unpaired) electrons. The lowest BCUT2D eigenvalue weighted by Crippen LogP contribution is -2.52. The van der Waals surface area contributed by atoms with E-state index in [-0.39, 0.29) is 24.0 Å². The first-order chi connectivity index (χ1) is 12.1. The molecule has 0 unspecified atom stereocenters. The van der Waals surface area contributed by atoms with Crippen molar-refractivity contribution in [3.8, 4) is 0 Å². The van der Waals surface area contributed by atoms with Crippen LogP contribution in [-0.4, -0.2) is 58.6 Å². The van der Waals surface area contributed by atoms with E-state index in [4.69, 9.17) is 9.52 Å². The molecule has 144 valence electrons. The zero-order valence-electron chi connectivity index (χ0n) is 15.6. The van der Waals surface area contributed by atoms with Crippen molar-refractivity contribution in [2.75, 3.05) is 32.7 Å². The number of nitrogens with one attached hydrogen (secondary N) is 1. The molecule has 1 aliphatic rings. The molecule has 1 fully saturated rings. The molecule has 0 saturated carbocycles. The van der Waals surface area contributed by atoms with Gasteiger partial charge in [0.1, 0.15) is 10.8 Å². The Balaban J connectivity index is 0.00000243. The summed E-state index contributed by atoms with van der Waals surface area (Å²) >= 11 is 1.71. The van der Waals surface area contributed by atoms with Crippen LogP contribution in [0.1, 0.15) is 28.3 Å². The van der Waals surface area contributed by atoms with Gasteiger partial charge in [0.15, 0.2) is 5.96 Å². The van der Waals surface area contributed by atoms with Gasteiger partial charge in [-0.25, -0.2) is 9.98 Å². The van der Waals surface area contributed by atoms with E-state index in [1.165, 1.54) is 4.88 Å². The Kier molecular flexibility index (Phi) is 8.29. The van der Waals surface area contributed by atoms with Crippen LogP contribution in [0.4, 0.5) is 0 Å². The van der Waals surface area contributed by atoms with Gasteiger partial charge in [-0.1, -0.05) is 5.16 Å². The molecular formula is C17H27IN6OS. The van der Waals surface area contributed by atoms with E-state index < -0.39 is 0 Å². The summed E-state index contributed by atoms with van der Waals surface area (Å²) in [5, 5.41) is 8.55. The number of halogens is 1. The Morgan fingerprint density at radius 1 is 1.31 bits per heavy atom. The molecule has 0 aromatic carbocycles. The molecule has 0 aliphatic carbocycles. The van der Waals surface area contributed by atoms with Gasteiger partial charge in [-0.15, -0.1) is 35.3 Å². The number of hydrogen-bond acceptors (Lipinski definition) is 6. The summed E-state index contributed by atoms with van der Waals surface area (Å²) in [7, 11) is 0. The van der Waals surface area contributed by atoms with Crippen LogP contribution >= 0.6 is 35.3 Å². The van der Waals surface area contributed by atoms with Crippen molar-refractivity contribution in [2.45, 2.75) is 33.9 Å². The van der Waals surface area contributed by atoms with Gasteiger partial charge in [-0.2, -0.15) is 0 Å². The minimum Gasteiger partial charge on any atom is -0.361 e. The van der Waals surface area contributed by atoms with Gasteiger partial charge in [0.05, 0.1) is 12.2 Å². The number of hydrogen-bond donors (Lipinski definition) is 1. The van der Waals surface area contributed by atoms with Crippen LogP contribution in [-0.2, 0) is 13.1 Å². The molecule has 9 heteroatoms. The summed E-state index contributed by atoms with van der Waals surface area (Å²) in [4.78, 5) is 15.1. The van der Waals surface area contributed by atoms with Gasteiger partial charge < -0.3 is 14.7 Å². The predicted octanol–water partition coefficient (Wildman–Crippen LogP) is 2.65. The number of guanidine groups is 1. The number of aromatic nitrogens is 2. The summed E-state index contributed by atoms with van der Waals surface area (Å²) in [6.07, 6.45) is 1.91. The fourth-order valence-corrected chi connectivity index (χ4v) is 3.59. The molecule has 0 bridgehead atoms. The number of thiazole rings is 1. The normalized spacial score (nSPS) is 15.8. The molecular weight excluding hydrogens is 463 g/mol. The van der Waals surface area contributed by atoms with Crippen LogP contribution in [0.5, 0.6) is 0 Å². The average molecular weight is 490 g/mol. The molecule has 26 heavy (non-hydrogen) atoms.